The average Bonchev–Trinajstić information content (AvgIpc) is 2.30. The summed E-state index contributed by atoms with van der Waals surface area (Å²) in [6, 6.07) is 3.75. The molecule has 0 fully saturated rings. The number of H-pyrrole nitrogens is 1. The van der Waals surface area contributed by atoms with Gasteiger partial charge in [-0.1, -0.05) is 28.1 Å². The van der Waals surface area contributed by atoms with Gasteiger partial charge >= 0.3 is 5.69 Å². The largest absolute Gasteiger partial charge is 0.326 e. The van der Waals surface area contributed by atoms with Gasteiger partial charge in [-0.2, -0.15) is 0 Å². The fraction of sp³-hybridized carbons (Fsp3) is 0.273. The molecule has 2 rings (SSSR count). The lowest BCUT2D eigenvalue weighted by atomic mass is 10.2. The van der Waals surface area contributed by atoms with Crippen molar-refractivity contribution in [1.29, 1.82) is 0 Å². The Morgan fingerprint density at radius 3 is 2.82 bits per heavy atom. The second-order valence-corrected chi connectivity index (χ2v) is 5.11. The number of alkyl halides is 1. The summed E-state index contributed by atoms with van der Waals surface area (Å²) in [5, 5.41) is 0.849. The topological polar surface area (TPSA) is 37.8 Å². The molecule has 1 aromatic heterocycles. The Morgan fingerprint density at radius 1 is 1.53 bits per heavy atom. The molecular weight excluding hydrogens is 324 g/mol. The van der Waals surface area contributed by atoms with Crippen LogP contribution in [0.25, 0.3) is 10.9 Å². The Hall–Kier alpha value is -0.650. The average molecular weight is 334 g/mol. The lowest BCUT2D eigenvalue weighted by Gasteiger charge is -2.08. The minimum Gasteiger partial charge on any atom is -0.307 e. The van der Waals surface area contributed by atoms with Crippen LogP contribution in [0.1, 0.15) is 12.5 Å². The lowest BCUT2D eigenvalue weighted by molar-refractivity contribution is 0.699. The van der Waals surface area contributed by atoms with Gasteiger partial charge in [0.2, 0.25) is 0 Å². The zero-order valence-corrected chi connectivity index (χ0v) is 12.2. The summed E-state index contributed by atoms with van der Waals surface area (Å²) in [5.74, 6) is 0.383. The van der Waals surface area contributed by atoms with E-state index in [-0.39, 0.29) is 5.69 Å². The van der Waals surface area contributed by atoms with Crippen LogP contribution in [0.5, 0.6) is 0 Å². The zero-order valence-electron chi connectivity index (χ0n) is 9.09. The summed E-state index contributed by atoms with van der Waals surface area (Å²) in [5.41, 5.74) is 1.47. The molecule has 0 amide bonds. The van der Waals surface area contributed by atoms with Crippen LogP contribution < -0.4 is 5.69 Å². The van der Waals surface area contributed by atoms with Gasteiger partial charge in [-0.05, 0) is 24.6 Å². The number of fused-ring (bicyclic) bond motifs is 1. The highest BCUT2D eigenvalue weighted by molar-refractivity contribution is 9.10. The summed E-state index contributed by atoms with van der Waals surface area (Å²) in [6.07, 6.45) is 0. The molecule has 3 nitrogen and oxygen atoms in total. The van der Waals surface area contributed by atoms with Gasteiger partial charge in [-0.25, -0.2) is 4.79 Å². The highest BCUT2D eigenvalue weighted by Gasteiger charge is 2.07. The number of hydrogen-bond donors (Lipinski definition) is 1. The molecule has 0 unspecified atom stereocenters. The van der Waals surface area contributed by atoms with E-state index >= 15 is 0 Å². The normalized spacial score (nSPS) is 11.0. The van der Waals surface area contributed by atoms with Gasteiger partial charge in [-0.3, -0.25) is 4.57 Å². The minimum atomic E-state index is -0.187. The number of aromatic nitrogens is 2. The summed E-state index contributed by atoms with van der Waals surface area (Å²) in [7, 11) is 0. The summed E-state index contributed by atoms with van der Waals surface area (Å²) >= 11 is 14.6. The number of nitrogens with zero attached hydrogens (tertiary/aromatic N) is 1. The number of benzene rings is 1. The predicted molar refractivity (Wildman–Crippen MR) is 76.3 cm³/mol. The van der Waals surface area contributed by atoms with E-state index in [0.717, 1.165) is 20.9 Å². The Kier molecular flexibility index (Phi) is 3.70. The van der Waals surface area contributed by atoms with Crippen LogP contribution >= 0.6 is 39.7 Å². The number of nitrogens with one attached hydrogen (secondary N) is 1. The molecule has 0 saturated heterocycles. The Morgan fingerprint density at radius 2 is 2.24 bits per heavy atom. The van der Waals surface area contributed by atoms with Crippen molar-refractivity contribution in [1.82, 2.24) is 9.55 Å². The van der Waals surface area contributed by atoms with Crippen LogP contribution in [0.2, 0.25) is 0 Å². The highest BCUT2D eigenvalue weighted by Crippen LogP contribution is 2.24. The van der Waals surface area contributed by atoms with Crippen LogP contribution in [0.3, 0.4) is 0 Å². The van der Waals surface area contributed by atoms with Crippen LogP contribution in [0.4, 0.5) is 0 Å². The van der Waals surface area contributed by atoms with Crippen molar-refractivity contribution in [2.75, 3.05) is 0 Å². The van der Waals surface area contributed by atoms with E-state index in [9.17, 15) is 4.79 Å². The van der Waals surface area contributed by atoms with Crippen molar-refractivity contribution in [3.05, 3.63) is 37.3 Å². The fourth-order valence-corrected chi connectivity index (χ4v) is 2.96. The monoisotopic (exact) mass is 332 g/mol. The molecule has 0 atom stereocenters. The van der Waals surface area contributed by atoms with E-state index in [1.54, 1.807) is 0 Å². The van der Waals surface area contributed by atoms with Gasteiger partial charge in [0.1, 0.15) is 4.64 Å². The van der Waals surface area contributed by atoms with Crippen molar-refractivity contribution in [2.45, 2.75) is 19.3 Å². The molecule has 2 aromatic rings. The summed E-state index contributed by atoms with van der Waals surface area (Å²) in [6.45, 7) is 2.44. The van der Waals surface area contributed by atoms with Crippen LogP contribution in [-0.2, 0) is 12.4 Å². The van der Waals surface area contributed by atoms with Crippen LogP contribution in [0.15, 0.2) is 21.4 Å². The van der Waals surface area contributed by atoms with Crippen molar-refractivity contribution >= 4 is 50.7 Å². The minimum absolute atomic E-state index is 0.187. The molecule has 0 aliphatic heterocycles. The van der Waals surface area contributed by atoms with Gasteiger partial charge < -0.3 is 4.98 Å². The smallest absolute Gasteiger partial charge is 0.307 e. The van der Waals surface area contributed by atoms with Crippen molar-refractivity contribution in [3.8, 4) is 0 Å². The molecule has 90 valence electrons. The molecule has 0 aliphatic rings. The van der Waals surface area contributed by atoms with Crippen molar-refractivity contribution in [3.63, 3.8) is 0 Å². The Balaban J connectivity index is 2.93. The molecular formula is C11H10BrClN2OS. The van der Waals surface area contributed by atoms with Gasteiger partial charge in [0.25, 0.3) is 0 Å². The molecule has 0 radical (unpaired) electrons. The van der Waals surface area contributed by atoms with Crippen molar-refractivity contribution in [2.24, 2.45) is 0 Å². The van der Waals surface area contributed by atoms with E-state index < -0.39 is 0 Å². The highest BCUT2D eigenvalue weighted by atomic mass is 79.9. The SMILES string of the molecule is CCn1c(=O)[nH]c2cc(CCl)c(Br)cc2c1=S. The maximum Gasteiger partial charge on any atom is 0.326 e. The number of hydrogen-bond acceptors (Lipinski definition) is 2. The Labute approximate surface area is 117 Å². The third-order valence-electron chi connectivity index (χ3n) is 2.61. The number of rotatable bonds is 2. The third kappa shape index (κ3) is 2.19. The molecule has 1 aromatic carbocycles. The zero-order chi connectivity index (χ0) is 12.6. The van der Waals surface area contributed by atoms with E-state index in [2.05, 4.69) is 20.9 Å². The van der Waals surface area contributed by atoms with Gasteiger partial charge in [0.05, 0.1) is 5.52 Å². The maximum atomic E-state index is 11.8. The van der Waals surface area contributed by atoms with E-state index in [0.29, 0.717) is 17.1 Å². The van der Waals surface area contributed by atoms with Crippen LogP contribution in [0, 0.1) is 4.64 Å². The summed E-state index contributed by atoms with van der Waals surface area (Å²) in [4.78, 5) is 14.6. The van der Waals surface area contributed by atoms with Crippen LogP contribution in [-0.4, -0.2) is 9.55 Å². The van der Waals surface area contributed by atoms with E-state index in [1.807, 2.05) is 19.1 Å². The predicted octanol–water partition coefficient (Wildman–Crippen LogP) is 3.58. The van der Waals surface area contributed by atoms with E-state index in [1.165, 1.54) is 4.57 Å². The number of halogens is 2. The number of aromatic amines is 1. The molecule has 1 heterocycles. The van der Waals surface area contributed by atoms with Crippen molar-refractivity contribution < 1.29 is 0 Å². The molecule has 0 spiro atoms. The lowest BCUT2D eigenvalue weighted by Crippen LogP contribution is -2.22. The van der Waals surface area contributed by atoms with Gasteiger partial charge in [0.15, 0.2) is 0 Å². The molecule has 0 saturated carbocycles. The van der Waals surface area contributed by atoms with Gasteiger partial charge in [-0.15, -0.1) is 11.6 Å². The molecule has 6 heteroatoms. The molecule has 1 N–H and O–H groups in total. The third-order valence-corrected chi connectivity index (χ3v) is 4.08. The fourth-order valence-electron chi connectivity index (χ4n) is 1.71. The standard InChI is InChI=1S/C11H10BrClN2OS/c1-2-15-10(17)7-4-8(12)6(5-13)3-9(7)14-11(15)16/h3-4H,2,5H2,1H3,(H,14,16). The molecule has 17 heavy (non-hydrogen) atoms. The van der Waals surface area contributed by atoms with Gasteiger partial charge in [0, 0.05) is 22.3 Å². The Bertz CT molecular complexity index is 692. The quantitative estimate of drug-likeness (QED) is 0.674. The maximum absolute atomic E-state index is 11.8. The molecule has 0 bridgehead atoms. The molecule has 0 aliphatic carbocycles. The first kappa shape index (κ1) is 12.8. The first-order valence-corrected chi connectivity index (χ1v) is 6.83. The first-order valence-electron chi connectivity index (χ1n) is 5.09. The second kappa shape index (κ2) is 4.92. The van der Waals surface area contributed by atoms with E-state index in [4.69, 9.17) is 23.8 Å². The second-order valence-electron chi connectivity index (χ2n) is 3.60. The first-order chi connectivity index (χ1) is 8.08. The summed E-state index contributed by atoms with van der Waals surface area (Å²) < 4.78 is 2.98.